The van der Waals surface area contributed by atoms with Crippen LogP contribution in [-0.4, -0.2) is 52.4 Å². The van der Waals surface area contributed by atoms with Crippen molar-refractivity contribution in [3.8, 4) is 6.07 Å². The summed E-state index contributed by atoms with van der Waals surface area (Å²) in [5, 5.41) is 11.5. The first-order valence-corrected chi connectivity index (χ1v) is 10.8. The highest BCUT2D eigenvalue weighted by atomic mass is 19.4. The van der Waals surface area contributed by atoms with Gasteiger partial charge in [0, 0.05) is 12.2 Å². The number of nitriles is 1. The molecular formula is C23H15F6N5O3. The van der Waals surface area contributed by atoms with Crippen LogP contribution < -0.4 is 10.2 Å². The first kappa shape index (κ1) is 24.4. The molecule has 3 saturated heterocycles. The molecule has 5 amide bonds. The first-order valence-electron chi connectivity index (χ1n) is 10.8. The number of anilines is 2. The Morgan fingerprint density at radius 2 is 1.68 bits per heavy atom. The summed E-state index contributed by atoms with van der Waals surface area (Å²) >= 11 is 0. The maximum atomic E-state index is 13.4. The molecule has 14 heteroatoms. The second-order valence-electron chi connectivity index (χ2n) is 8.76. The zero-order chi connectivity index (χ0) is 26.9. The number of rotatable bonds is 2. The molecule has 2 aromatic carbocycles. The first-order chi connectivity index (χ1) is 17.3. The van der Waals surface area contributed by atoms with Crippen molar-refractivity contribution in [2.75, 3.05) is 16.8 Å². The molecule has 3 aliphatic rings. The maximum absolute atomic E-state index is 13.4. The summed E-state index contributed by atoms with van der Waals surface area (Å²) in [7, 11) is 0. The quantitative estimate of drug-likeness (QED) is 0.466. The van der Waals surface area contributed by atoms with Crippen molar-refractivity contribution < 1.29 is 40.7 Å². The number of carbonyl (C=O) groups is 3. The highest BCUT2D eigenvalue weighted by Crippen LogP contribution is 2.43. The van der Waals surface area contributed by atoms with Crippen molar-refractivity contribution in [1.82, 2.24) is 9.80 Å². The molecule has 3 aliphatic heterocycles. The van der Waals surface area contributed by atoms with E-state index in [1.54, 1.807) is 0 Å². The van der Waals surface area contributed by atoms with Crippen LogP contribution >= 0.6 is 0 Å². The summed E-state index contributed by atoms with van der Waals surface area (Å²) in [5.41, 5.74) is -3.11. The number of halogens is 6. The highest BCUT2D eigenvalue weighted by molar-refractivity contribution is 6.22. The third kappa shape index (κ3) is 3.90. The van der Waals surface area contributed by atoms with Gasteiger partial charge in [0.25, 0.3) is 5.91 Å². The van der Waals surface area contributed by atoms with Gasteiger partial charge in [-0.25, -0.2) is 14.5 Å². The summed E-state index contributed by atoms with van der Waals surface area (Å²) in [6.45, 7) is 0.0294. The average molecular weight is 523 g/mol. The minimum Gasteiger partial charge on any atom is -0.317 e. The summed E-state index contributed by atoms with van der Waals surface area (Å²) in [6.07, 6.45) is -9.18. The predicted molar refractivity (Wildman–Crippen MR) is 114 cm³/mol. The summed E-state index contributed by atoms with van der Waals surface area (Å²) in [4.78, 5) is 42.3. The van der Waals surface area contributed by atoms with Crippen LogP contribution in [0.5, 0.6) is 0 Å². The Balaban J connectivity index is 1.36. The number of fused-ring (bicyclic) bond motifs is 5. The SMILES string of the molecule is N#Cc1ccc(N2C(=O)C3C4CC(CN4C(=O)Nc4ccc(C(F)(F)F)cc4)N3C2=O)cc1C(F)(F)F. The Kier molecular flexibility index (Phi) is 5.36. The molecule has 3 fully saturated rings. The Labute approximate surface area is 204 Å². The predicted octanol–water partition coefficient (Wildman–Crippen LogP) is 4.42. The van der Waals surface area contributed by atoms with Gasteiger partial charge >= 0.3 is 24.4 Å². The van der Waals surface area contributed by atoms with Crippen LogP contribution in [0.3, 0.4) is 0 Å². The third-order valence-electron chi connectivity index (χ3n) is 6.68. The van der Waals surface area contributed by atoms with E-state index in [1.807, 2.05) is 0 Å². The third-order valence-corrected chi connectivity index (χ3v) is 6.68. The molecule has 3 unspecified atom stereocenters. The number of imide groups is 1. The van der Waals surface area contributed by atoms with Crippen LogP contribution in [-0.2, 0) is 17.1 Å². The normalized spacial score (nSPS) is 22.9. The number of amides is 5. The van der Waals surface area contributed by atoms with Gasteiger partial charge in [0.05, 0.1) is 40.5 Å². The molecule has 0 aliphatic carbocycles. The van der Waals surface area contributed by atoms with Crippen molar-refractivity contribution in [3.05, 3.63) is 59.2 Å². The molecule has 8 nitrogen and oxygen atoms in total. The molecular weight excluding hydrogens is 508 g/mol. The molecule has 0 radical (unpaired) electrons. The molecule has 0 aromatic heterocycles. The largest absolute Gasteiger partial charge is 0.417 e. The minimum atomic E-state index is -4.89. The van der Waals surface area contributed by atoms with Gasteiger partial charge in [0.15, 0.2) is 0 Å². The molecule has 3 heterocycles. The number of hydrogen-bond donors (Lipinski definition) is 1. The van der Waals surface area contributed by atoms with Crippen molar-refractivity contribution in [2.45, 2.75) is 36.9 Å². The van der Waals surface area contributed by atoms with E-state index < -0.39 is 65.1 Å². The van der Waals surface area contributed by atoms with Crippen LogP contribution in [0.1, 0.15) is 23.1 Å². The number of hydrogen-bond acceptors (Lipinski definition) is 4. The van der Waals surface area contributed by atoms with Crippen molar-refractivity contribution in [2.24, 2.45) is 0 Å². The van der Waals surface area contributed by atoms with Gasteiger partial charge in [-0.1, -0.05) is 0 Å². The lowest BCUT2D eigenvalue weighted by molar-refractivity contribution is -0.138. The molecule has 192 valence electrons. The van der Waals surface area contributed by atoms with Crippen molar-refractivity contribution >= 4 is 29.3 Å². The lowest BCUT2D eigenvalue weighted by Crippen LogP contribution is -2.55. The second-order valence-corrected chi connectivity index (χ2v) is 8.76. The number of carbonyl (C=O) groups excluding carboxylic acids is 3. The fourth-order valence-electron chi connectivity index (χ4n) is 5.07. The van der Waals surface area contributed by atoms with Gasteiger partial charge in [-0.15, -0.1) is 0 Å². The van der Waals surface area contributed by atoms with Crippen LogP contribution in [0.2, 0.25) is 0 Å². The Hall–Kier alpha value is -4.28. The highest BCUT2D eigenvalue weighted by Gasteiger charge is 2.63. The lowest BCUT2D eigenvalue weighted by atomic mass is 10.1. The van der Waals surface area contributed by atoms with E-state index in [0.29, 0.717) is 11.0 Å². The van der Waals surface area contributed by atoms with E-state index in [9.17, 15) is 40.7 Å². The standard InChI is InChI=1S/C23H15F6N5O3/c24-22(25,26)12-2-4-13(5-3-12)31-20(36)32-10-15-8-17(32)18-19(35)34(21(37)33(15)18)14-6-1-11(9-30)16(7-14)23(27,28)29/h1-7,15,17-18H,8,10H2,(H,31,36). The summed E-state index contributed by atoms with van der Waals surface area (Å²) in [6, 6.07) is 3.70. The van der Waals surface area contributed by atoms with Gasteiger partial charge in [-0.2, -0.15) is 31.6 Å². The topological polar surface area (TPSA) is 96.8 Å². The van der Waals surface area contributed by atoms with Crippen molar-refractivity contribution in [3.63, 3.8) is 0 Å². The maximum Gasteiger partial charge on any atom is 0.417 e. The molecule has 3 atom stereocenters. The Morgan fingerprint density at radius 3 is 2.27 bits per heavy atom. The van der Waals surface area contributed by atoms with Gasteiger partial charge in [0.2, 0.25) is 0 Å². The number of piperazine rings is 1. The molecule has 5 rings (SSSR count). The fourth-order valence-corrected chi connectivity index (χ4v) is 5.07. The van der Waals surface area contributed by atoms with Crippen LogP contribution in [0.15, 0.2) is 42.5 Å². The Morgan fingerprint density at radius 1 is 1.00 bits per heavy atom. The fraction of sp³-hybridized carbons (Fsp3) is 0.304. The number of benzene rings is 2. The molecule has 0 spiro atoms. The number of urea groups is 2. The second kappa shape index (κ2) is 8.12. The number of likely N-dealkylation sites (tertiary alicyclic amines) is 1. The lowest BCUT2D eigenvalue weighted by Gasteiger charge is -2.34. The van der Waals surface area contributed by atoms with E-state index >= 15 is 0 Å². The molecule has 2 aromatic rings. The van der Waals surface area contributed by atoms with Gasteiger partial charge in [0.1, 0.15) is 6.04 Å². The van der Waals surface area contributed by atoms with E-state index in [4.69, 9.17) is 5.26 Å². The molecule has 37 heavy (non-hydrogen) atoms. The molecule has 2 bridgehead atoms. The minimum absolute atomic E-state index is 0.0294. The van der Waals surface area contributed by atoms with Gasteiger partial charge in [-0.05, 0) is 48.9 Å². The van der Waals surface area contributed by atoms with Gasteiger partial charge in [-0.3, -0.25) is 4.79 Å². The Bertz CT molecular complexity index is 1350. The van der Waals surface area contributed by atoms with E-state index in [2.05, 4.69) is 5.32 Å². The smallest absolute Gasteiger partial charge is 0.317 e. The monoisotopic (exact) mass is 523 g/mol. The average Bonchev–Trinajstić information content (AvgIpc) is 3.49. The number of nitrogens with one attached hydrogen (secondary N) is 1. The number of nitrogens with zero attached hydrogens (tertiary/aromatic N) is 4. The summed E-state index contributed by atoms with van der Waals surface area (Å²) < 4.78 is 78.5. The zero-order valence-corrected chi connectivity index (χ0v) is 18.5. The molecule has 0 saturated carbocycles. The molecule has 1 N–H and O–H groups in total. The van der Waals surface area contributed by atoms with Crippen molar-refractivity contribution in [1.29, 1.82) is 5.26 Å². The number of alkyl halides is 6. The summed E-state index contributed by atoms with van der Waals surface area (Å²) in [5.74, 6) is -0.817. The van der Waals surface area contributed by atoms with Crippen LogP contribution in [0.25, 0.3) is 0 Å². The zero-order valence-electron chi connectivity index (χ0n) is 18.5. The van der Waals surface area contributed by atoms with Crippen LogP contribution in [0.4, 0.5) is 47.3 Å². The van der Waals surface area contributed by atoms with E-state index in [1.165, 1.54) is 15.9 Å². The van der Waals surface area contributed by atoms with E-state index in [0.717, 1.165) is 36.4 Å². The van der Waals surface area contributed by atoms with Gasteiger partial charge < -0.3 is 15.1 Å². The van der Waals surface area contributed by atoms with Crippen LogP contribution in [0, 0.1) is 11.3 Å². The van der Waals surface area contributed by atoms with E-state index in [-0.39, 0.29) is 24.3 Å².